The fourth-order valence-electron chi connectivity index (χ4n) is 0.727. The van der Waals surface area contributed by atoms with Crippen LogP contribution in [-0.2, 0) is 4.79 Å². The molecule has 0 aliphatic heterocycles. The van der Waals surface area contributed by atoms with Gasteiger partial charge in [-0.15, -0.1) is 0 Å². The minimum atomic E-state index is -0.184. The molecule has 2 nitrogen and oxygen atoms in total. The number of rotatable bonds is 2. The lowest BCUT2D eigenvalue weighted by atomic mass is 10.3. The number of carbonyl (C=O) groups excluding carboxylic acids is 1. The third kappa shape index (κ3) is 2.65. The highest BCUT2D eigenvalue weighted by atomic mass is 127. The van der Waals surface area contributed by atoms with E-state index in [0.717, 1.165) is 9.26 Å². The zero-order valence-corrected chi connectivity index (χ0v) is 8.54. The molecular weight excluding hydrogens is 265 g/mol. The SMILES string of the molecule is C=CC(=O)Nc1ccc(I)cc1. The molecule has 0 atom stereocenters. The summed E-state index contributed by atoms with van der Waals surface area (Å²) in [5.41, 5.74) is 0.792. The normalized spacial score (nSPS) is 9.08. The maximum atomic E-state index is 10.8. The number of hydrogen-bond acceptors (Lipinski definition) is 1. The lowest BCUT2D eigenvalue weighted by Crippen LogP contribution is -2.06. The highest BCUT2D eigenvalue weighted by Crippen LogP contribution is 2.10. The lowest BCUT2D eigenvalue weighted by molar-refractivity contribution is -0.111. The fourth-order valence-corrected chi connectivity index (χ4v) is 1.09. The molecule has 0 saturated heterocycles. The van der Waals surface area contributed by atoms with Gasteiger partial charge >= 0.3 is 0 Å². The first-order chi connectivity index (χ1) is 5.72. The number of anilines is 1. The highest BCUT2D eigenvalue weighted by molar-refractivity contribution is 14.1. The second-order valence-corrected chi connectivity index (χ2v) is 3.45. The Balaban J connectivity index is 2.71. The highest BCUT2D eigenvalue weighted by Gasteiger charge is 1.94. The van der Waals surface area contributed by atoms with E-state index in [2.05, 4.69) is 34.5 Å². The van der Waals surface area contributed by atoms with Crippen molar-refractivity contribution in [3.8, 4) is 0 Å². The van der Waals surface area contributed by atoms with Crippen molar-refractivity contribution in [1.29, 1.82) is 0 Å². The van der Waals surface area contributed by atoms with Crippen LogP contribution in [0.3, 0.4) is 0 Å². The molecule has 1 aromatic rings. The van der Waals surface area contributed by atoms with Crippen molar-refractivity contribution < 1.29 is 4.79 Å². The molecule has 0 spiro atoms. The number of benzene rings is 1. The number of hydrogen-bond donors (Lipinski definition) is 1. The Morgan fingerprint density at radius 3 is 2.50 bits per heavy atom. The van der Waals surface area contributed by atoms with Crippen molar-refractivity contribution in [2.45, 2.75) is 0 Å². The molecule has 1 aromatic carbocycles. The van der Waals surface area contributed by atoms with Crippen LogP contribution in [0.15, 0.2) is 36.9 Å². The van der Waals surface area contributed by atoms with Crippen LogP contribution in [-0.4, -0.2) is 5.91 Å². The lowest BCUT2D eigenvalue weighted by Gasteiger charge is -2.00. The molecule has 1 N–H and O–H groups in total. The summed E-state index contributed by atoms with van der Waals surface area (Å²) in [6, 6.07) is 7.56. The van der Waals surface area contributed by atoms with Gasteiger partial charge in [-0.1, -0.05) is 6.58 Å². The van der Waals surface area contributed by atoms with E-state index in [1.165, 1.54) is 6.08 Å². The van der Waals surface area contributed by atoms with Crippen molar-refractivity contribution in [3.63, 3.8) is 0 Å². The molecule has 0 heterocycles. The summed E-state index contributed by atoms with van der Waals surface area (Å²) in [5, 5.41) is 2.66. The van der Waals surface area contributed by atoms with Gasteiger partial charge < -0.3 is 5.32 Å². The summed E-state index contributed by atoms with van der Waals surface area (Å²) in [5.74, 6) is -0.184. The first-order valence-corrected chi connectivity index (χ1v) is 4.49. The monoisotopic (exact) mass is 273 g/mol. The van der Waals surface area contributed by atoms with Gasteiger partial charge in [-0.25, -0.2) is 0 Å². The molecule has 0 fully saturated rings. The second-order valence-electron chi connectivity index (χ2n) is 2.20. The van der Waals surface area contributed by atoms with Crippen molar-refractivity contribution in [1.82, 2.24) is 0 Å². The quantitative estimate of drug-likeness (QED) is 0.650. The van der Waals surface area contributed by atoms with E-state index in [1.54, 1.807) is 0 Å². The van der Waals surface area contributed by atoms with Crippen LogP contribution in [0, 0.1) is 3.57 Å². The Kier molecular flexibility index (Phi) is 3.28. The van der Waals surface area contributed by atoms with Crippen LogP contribution in [0.2, 0.25) is 0 Å². The van der Waals surface area contributed by atoms with Crippen molar-refractivity contribution in [3.05, 3.63) is 40.5 Å². The average Bonchev–Trinajstić information content (AvgIpc) is 2.09. The third-order valence-corrected chi connectivity index (χ3v) is 2.02. The Labute approximate surface area is 84.8 Å². The van der Waals surface area contributed by atoms with Gasteiger partial charge in [0, 0.05) is 9.26 Å². The molecule has 3 heteroatoms. The minimum absolute atomic E-state index is 0.184. The first kappa shape index (κ1) is 9.25. The van der Waals surface area contributed by atoms with Gasteiger partial charge in [-0.05, 0) is 52.9 Å². The van der Waals surface area contributed by atoms with E-state index in [4.69, 9.17) is 0 Å². The molecule has 0 saturated carbocycles. The van der Waals surface area contributed by atoms with Gasteiger partial charge in [-0.3, -0.25) is 4.79 Å². The summed E-state index contributed by atoms with van der Waals surface area (Å²) >= 11 is 2.21. The Morgan fingerprint density at radius 1 is 1.42 bits per heavy atom. The predicted molar refractivity (Wildman–Crippen MR) is 58.0 cm³/mol. The van der Waals surface area contributed by atoms with Gasteiger partial charge in [-0.2, -0.15) is 0 Å². The largest absolute Gasteiger partial charge is 0.323 e. The average molecular weight is 273 g/mol. The van der Waals surface area contributed by atoms with Crippen molar-refractivity contribution >= 4 is 34.2 Å². The standard InChI is InChI=1S/C9H8INO/c1-2-9(12)11-8-5-3-7(10)4-6-8/h2-6H,1H2,(H,11,12). The van der Waals surface area contributed by atoms with E-state index in [1.807, 2.05) is 24.3 Å². The van der Waals surface area contributed by atoms with E-state index in [-0.39, 0.29) is 5.91 Å². The molecule has 12 heavy (non-hydrogen) atoms. The van der Waals surface area contributed by atoms with Crippen LogP contribution in [0.4, 0.5) is 5.69 Å². The van der Waals surface area contributed by atoms with Gasteiger partial charge in [0.2, 0.25) is 5.91 Å². The number of nitrogens with one attached hydrogen (secondary N) is 1. The van der Waals surface area contributed by atoms with Crippen LogP contribution in [0.1, 0.15) is 0 Å². The summed E-state index contributed by atoms with van der Waals surface area (Å²) in [6.45, 7) is 3.36. The molecule has 0 radical (unpaired) electrons. The minimum Gasteiger partial charge on any atom is -0.323 e. The maximum absolute atomic E-state index is 10.8. The van der Waals surface area contributed by atoms with Gasteiger partial charge in [0.15, 0.2) is 0 Å². The van der Waals surface area contributed by atoms with Crippen LogP contribution < -0.4 is 5.32 Å². The second kappa shape index (κ2) is 4.25. The molecule has 1 rings (SSSR count). The number of amides is 1. The zero-order valence-electron chi connectivity index (χ0n) is 6.38. The van der Waals surface area contributed by atoms with Crippen LogP contribution in [0.5, 0.6) is 0 Å². The third-order valence-electron chi connectivity index (χ3n) is 1.30. The Hall–Kier alpha value is -0.840. The summed E-state index contributed by atoms with van der Waals surface area (Å²) in [7, 11) is 0. The molecule has 0 aromatic heterocycles. The number of halogens is 1. The van der Waals surface area contributed by atoms with Crippen LogP contribution in [0.25, 0.3) is 0 Å². The molecule has 0 unspecified atom stereocenters. The summed E-state index contributed by atoms with van der Waals surface area (Å²) in [6.07, 6.45) is 1.25. The molecule has 0 aliphatic carbocycles. The van der Waals surface area contributed by atoms with Gasteiger partial charge in [0.25, 0.3) is 0 Å². The molecule has 1 amide bonds. The smallest absolute Gasteiger partial charge is 0.247 e. The molecule has 0 bridgehead atoms. The first-order valence-electron chi connectivity index (χ1n) is 3.41. The van der Waals surface area contributed by atoms with E-state index < -0.39 is 0 Å². The summed E-state index contributed by atoms with van der Waals surface area (Å²) in [4.78, 5) is 10.8. The van der Waals surface area contributed by atoms with E-state index >= 15 is 0 Å². The van der Waals surface area contributed by atoms with E-state index in [9.17, 15) is 4.79 Å². The maximum Gasteiger partial charge on any atom is 0.247 e. The molecular formula is C9H8INO. The fraction of sp³-hybridized carbons (Fsp3) is 0. The summed E-state index contributed by atoms with van der Waals surface area (Å²) < 4.78 is 1.14. The van der Waals surface area contributed by atoms with Crippen LogP contribution >= 0.6 is 22.6 Å². The van der Waals surface area contributed by atoms with E-state index in [0.29, 0.717) is 0 Å². The zero-order chi connectivity index (χ0) is 8.97. The van der Waals surface area contributed by atoms with Crippen molar-refractivity contribution in [2.24, 2.45) is 0 Å². The topological polar surface area (TPSA) is 29.1 Å². The molecule has 0 aliphatic rings. The Morgan fingerprint density at radius 2 is 2.00 bits per heavy atom. The van der Waals surface area contributed by atoms with Gasteiger partial charge in [0.1, 0.15) is 0 Å². The molecule has 62 valence electrons. The number of carbonyl (C=O) groups is 1. The Bertz CT molecular complexity index is 292. The van der Waals surface area contributed by atoms with Gasteiger partial charge in [0.05, 0.1) is 0 Å². The predicted octanol–water partition coefficient (Wildman–Crippen LogP) is 2.42. The van der Waals surface area contributed by atoms with Crippen molar-refractivity contribution in [2.75, 3.05) is 5.32 Å².